The van der Waals surface area contributed by atoms with Gasteiger partial charge >= 0.3 is 6.09 Å². The van der Waals surface area contributed by atoms with E-state index in [0.29, 0.717) is 5.82 Å². The highest BCUT2D eigenvalue weighted by molar-refractivity contribution is 5.96. The molecule has 0 aliphatic heterocycles. The van der Waals surface area contributed by atoms with Gasteiger partial charge in [0, 0.05) is 6.20 Å². The number of hydrogen-bond donors (Lipinski definition) is 2. The molecule has 0 saturated carbocycles. The summed E-state index contributed by atoms with van der Waals surface area (Å²) in [6.07, 6.45) is 1.75. The number of carbonyl (C=O) groups is 2. The Balaban J connectivity index is 1.97. The Bertz CT molecular complexity index is 734. The molecule has 2 N–H and O–H groups in total. The summed E-state index contributed by atoms with van der Waals surface area (Å²) >= 11 is 0. The van der Waals surface area contributed by atoms with Crippen molar-refractivity contribution in [1.29, 1.82) is 0 Å². The highest BCUT2D eigenvalue weighted by Crippen LogP contribution is 2.12. The Kier molecular flexibility index (Phi) is 7.14. The predicted molar refractivity (Wildman–Crippen MR) is 101 cm³/mol. The van der Waals surface area contributed by atoms with Gasteiger partial charge in [0.15, 0.2) is 0 Å². The molecule has 2 atom stereocenters. The second-order valence-electron chi connectivity index (χ2n) is 6.28. The van der Waals surface area contributed by atoms with Gasteiger partial charge in [-0.2, -0.15) is 0 Å². The highest BCUT2D eigenvalue weighted by Gasteiger charge is 2.27. The van der Waals surface area contributed by atoms with E-state index in [2.05, 4.69) is 15.6 Å². The molecule has 1 heterocycles. The maximum Gasteiger partial charge on any atom is 0.408 e. The molecule has 0 aliphatic carbocycles. The molecule has 0 bridgehead atoms. The van der Waals surface area contributed by atoms with Crippen LogP contribution in [0, 0.1) is 12.8 Å². The average molecular weight is 355 g/mol. The molecule has 1 aromatic heterocycles. The number of alkyl carbamates (subject to hydrolysis) is 1. The summed E-state index contributed by atoms with van der Waals surface area (Å²) in [5, 5.41) is 5.43. The van der Waals surface area contributed by atoms with E-state index in [9.17, 15) is 9.59 Å². The quantitative estimate of drug-likeness (QED) is 0.794. The van der Waals surface area contributed by atoms with Crippen LogP contribution in [0.4, 0.5) is 10.6 Å². The molecule has 0 spiro atoms. The Labute approximate surface area is 154 Å². The number of rotatable bonds is 7. The van der Waals surface area contributed by atoms with Crippen molar-refractivity contribution in [2.24, 2.45) is 5.92 Å². The van der Waals surface area contributed by atoms with Crippen LogP contribution in [-0.4, -0.2) is 23.0 Å². The van der Waals surface area contributed by atoms with Gasteiger partial charge < -0.3 is 15.4 Å². The summed E-state index contributed by atoms with van der Waals surface area (Å²) in [4.78, 5) is 28.9. The van der Waals surface area contributed by atoms with Crippen molar-refractivity contribution < 1.29 is 14.3 Å². The van der Waals surface area contributed by atoms with E-state index in [0.717, 1.165) is 17.5 Å². The minimum Gasteiger partial charge on any atom is -0.445 e. The number of aromatic nitrogens is 1. The van der Waals surface area contributed by atoms with Crippen LogP contribution >= 0.6 is 0 Å². The molecular formula is C20H25N3O3. The second-order valence-corrected chi connectivity index (χ2v) is 6.28. The Hall–Kier alpha value is -2.89. The first-order valence-corrected chi connectivity index (χ1v) is 8.70. The lowest BCUT2D eigenvalue weighted by molar-refractivity contribution is -0.119. The molecule has 138 valence electrons. The summed E-state index contributed by atoms with van der Waals surface area (Å²) < 4.78 is 5.23. The van der Waals surface area contributed by atoms with Crippen LogP contribution in [0.15, 0.2) is 48.7 Å². The van der Waals surface area contributed by atoms with Gasteiger partial charge in [0.25, 0.3) is 0 Å². The van der Waals surface area contributed by atoms with Gasteiger partial charge in [0.05, 0.1) is 0 Å². The molecule has 6 heteroatoms. The number of nitrogens with one attached hydrogen (secondary N) is 2. The van der Waals surface area contributed by atoms with Gasteiger partial charge in [0.1, 0.15) is 18.5 Å². The third-order valence-corrected chi connectivity index (χ3v) is 4.15. The molecule has 6 nitrogen and oxygen atoms in total. The first-order chi connectivity index (χ1) is 12.5. The van der Waals surface area contributed by atoms with E-state index >= 15 is 0 Å². The van der Waals surface area contributed by atoms with Crippen molar-refractivity contribution in [3.05, 3.63) is 59.8 Å². The van der Waals surface area contributed by atoms with E-state index in [1.54, 1.807) is 12.3 Å². The van der Waals surface area contributed by atoms with Gasteiger partial charge in [-0.15, -0.1) is 0 Å². The third kappa shape index (κ3) is 5.88. The van der Waals surface area contributed by atoms with Crippen molar-refractivity contribution in [1.82, 2.24) is 10.3 Å². The van der Waals surface area contributed by atoms with Crippen molar-refractivity contribution in [3.63, 3.8) is 0 Å². The van der Waals surface area contributed by atoms with Crippen molar-refractivity contribution in [2.45, 2.75) is 39.8 Å². The van der Waals surface area contributed by atoms with Gasteiger partial charge in [-0.1, -0.05) is 50.6 Å². The number of nitrogens with zero attached hydrogens (tertiary/aromatic N) is 1. The first kappa shape index (κ1) is 19.4. The summed E-state index contributed by atoms with van der Waals surface area (Å²) in [7, 11) is 0. The molecule has 0 fully saturated rings. The van der Waals surface area contributed by atoms with E-state index < -0.39 is 12.1 Å². The van der Waals surface area contributed by atoms with Crippen LogP contribution in [0.1, 0.15) is 31.4 Å². The normalized spacial score (nSPS) is 12.7. The molecule has 1 aromatic carbocycles. The zero-order valence-corrected chi connectivity index (χ0v) is 15.4. The summed E-state index contributed by atoms with van der Waals surface area (Å²) in [6.45, 7) is 5.95. The number of hydrogen-bond acceptors (Lipinski definition) is 4. The number of amides is 2. The zero-order valence-electron chi connectivity index (χ0n) is 15.4. The standard InChI is InChI=1S/C20H25N3O3/c1-4-15(3)18(19(24)22-17-12-14(2)10-11-21-17)23-20(25)26-13-16-8-6-5-7-9-16/h5-12,15,18H,4,13H2,1-3H3,(H,23,25)(H,21,22,24). The smallest absolute Gasteiger partial charge is 0.408 e. The van der Waals surface area contributed by atoms with Crippen LogP contribution in [0.2, 0.25) is 0 Å². The number of carbonyl (C=O) groups excluding carboxylic acids is 2. The number of pyridine rings is 1. The summed E-state index contributed by atoms with van der Waals surface area (Å²) in [5.41, 5.74) is 1.88. The molecule has 0 radical (unpaired) electrons. The van der Waals surface area contributed by atoms with E-state index in [1.165, 1.54) is 0 Å². The number of ether oxygens (including phenoxy) is 1. The number of aryl methyl sites for hydroxylation is 1. The first-order valence-electron chi connectivity index (χ1n) is 8.70. The topological polar surface area (TPSA) is 80.3 Å². The SMILES string of the molecule is CCC(C)C(NC(=O)OCc1ccccc1)C(=O)Nc1cc(C)ccn1. The molecule has 26 heavy (non-hydrogen) atoms. The fourth-order valence-corrected chi connectivity index (χ4v) is 2.40. The van der Waals surface area contributed by atoms with E-state index in [4.69, 9.17) is 4.74 Å². The lowest BCUT2D eigenvalue weighted by Gasteiger charge is -2.23. The van der Waals surface area contributed by atoms with Gasteiger partial charge in [-0.3, -0.25) is 4.79 Å². The van der Waals surface area contributed by atoms with Crippen LogP contribution in [0.25, 0.3) is 0 Å². The van der Waals surface area contributed by atoms with Crippen molar-refractivity contribution in [2.75, 3.05) is 5.32 Å². The fourth-order valence-electron chi connectivity index (χ4n) is 2.40. The molecule has 2 rings (SSSR count). The van der Waals surface area contributed by atoms with Crippen LogP contribution in [0.3, 0.4) is 0 Å². The molecule has 0 saturated heterocycles. The molecule has 2 unspecified atom stereocenters. The van der Waals surface area contributed by atoms with Gasteiger partial charge in [-0.05, 0) is 36.1 Å². The lowest BCUT2D eigenvalue weighted by atomic mass is 9.98. The van der Waals surface area contributed by atoms with Crippen LogP contribution in [-0.2, 0) is 16.1 Å². The average Bonchev–Trinajstić information content (AvgIpc) is 2.64. The molecule has 2 aromatic rings. The largest absolute Gasteiger partial charge is 0.445 e. The van der Waals surface area contributed by atoms with Crippen molar-refractivity contribution in [3.8, 4) is 0 Å². The van der Waals surface area contributed by atoms with Crippen LogP contribution < -0.4 is 10.6 Å². The Morgan fingerprint density at radius 2 is 1.92 bits per heavy atom. The maximum absolute atomic E-state index is 12.6. The third-order valence-electron chi connectivity index (χ3n) is 4.15. The molecule has 0 aliphatic rings. The summed E-state index contributed by atoms with van der Waals surface area (Å²) in [5.74, 6) is 0.0981. The predicted octanol–water partition coefficient (Wildman–Crippen LogP) is 3.67. The fraction of sp³-hybridized carbons (Fsp3) is 0.350. The van der Waals surface area contributed by atoms with E-state index in [-0.39, 0.29) is 18.4 Å². The van der Waals surface area contributed by atoms with Gasteiger partial charge in [0.2, 0.25) is 5.91 Å². The molecule has 2 amide bonds. The second kappa shape index (κ2) is 9.56. The Morgan fingerprint density at radius 3 is 2.58 bits per heavy atom. The van der Waals surface area contributed by atoms with Gasteiger partial charge in [-0.25, -0.2) is 9.78 Å². The minimum absolute atomic E-state index is 0.0518. The van der Waals surface area contributed by atoms with Crippen molar-refractivity contribution >= 4 is 17.8 Å². The number of anilines is 1. The monoisotopic (exact) mass is 355 g/mol. The lowest BCUT2D eigenvalue weighted by Crippen LogP contribution is -2.47. The number of benzene rings is 1. The van der Waals surface area contributed by atoms with Crippen LogP contribution in [0.5, 0.6) is 0 Å². The van der Waals surface area contributed by atoms with E-state index in [1.807, 2.05) is 57.2 Å². The molecular weight excluding hydrogens is 330 g/mol. The zero-order chi connectivity index (χ0) is 18.9. The summed E-state index contributed by atoms with van der Waals surface area (Å²) in [6, 6.07) is 12.3. The Morgan fingerprint density at radius 1 is 1.19 bits per heavy atom. The highest BCUT2D eigenvalue weighted by atomic mass is 16.5. The minimum atomic E-state index is -0.703. The maximum atomic E-state index is 12.6.